The fourth-order valence-corrected chi connectivity index (χ4v) is 2.36. The van der Waals surface area contributed by atoms with E-state index in [0.29, 0.717) is 6.04 Å². The van der Waals surface area contributed by atoms with Crippen LogP contribution in [0.2, 0.25) is 0 Å². The van der Waals surface area contributed by atoms with Gasteiger partial charge in [-0.3, -0.25) is 4.98 Å². The van der Waals surface area contributed by atoms with Crippen LogP contribution in [0, 0.1) is 0 Å². The third kappa shape index (κ3) is 3.64. The van der Waals surface area contributed by atoms with E-state index in [9.17, 15) is 0 Å². The Kier molecular flexibility index (Phi) is 4.92. The second kappa shape index (κ2) is 6.45. The fourth-order valence-electron chi connectivity index (χ4n) is 1.69. The molecule has 1 N–H and O–H groups in total. The zero-order chi connectivity index (χ0) is 13.0. The molecule has 0 radical (unpaired) electrons. The lowest BCUT2D eigenvalue weighted by atomic mass is 10.1. The van der Waals surface area contributed by atoms with Gasteiger partial charge < -0.3 is 5.32 Å². The van der Waals surface area contributed by atoms with Crippen molar-refractivity contribution in [3.8, 4) is 0 Å². The van der Waals surface area contributed by atoms with Gasteiger partial charge in [0, 0.05) is 33.9 Å². The highest BCUT2D eigenvalue weighted by atomic mass is 79.9. The van der Waals surface area contributed by atoms with E-state index in [-0.39, 0.29) is 0 Å². The predicted molar refractivity (Wildman–Crippen MR) is 81.3 cm³/mol. The Morgan fingerprint density at radius 1 is 1.11 bits per heavy atom. The minimum absolute atomic E-state index is 0.315. The van der Waals surface area contributed by atoms with Crippen LogP contribution < -0.4 is 5.32 Å². The van der Waals surface area contributed by atoms with Gasteiger partial charge in [0.05, 0.1) is 0 Å². The number of hydrogen-bond acceptors (Lipinski definition) is 2. The first-order valence-electron chi connectivity index (χ1n) is 5.74. The molecule has 1 atom stereocenters. The zero-order valence-corrected chi connectivity index (χ0v) is 13.2. The molecule has 18 heavy (non-hydrogen) atoms. The normalized spacial score (nSPS) is 12.4. The molecule has 0 saturated carbocycles. The number of halogens is 2. The summed E-state index contributed by atoms with van der Waals surface area (Å²) < 4.78 is 2.16. The average molecular weight is 370 g/mol. The Labute approximate surface area is 124 Å². The van der Waals surface area contributed by atoms with Crippen molar-refractivity contribution in [3.63, 3.8) is 0 Å². The van der Waals surface area contributed by atoms with E-state index in [1.54, 1.807) is 0 Å². The molecule has 0 bridgehead atoms. The van der Waals surface area contributed by atoms with E-state index in [2.05, 4.69) is 67.3 Å². The molecule has 0 amide bonds. The maximum Gasteiger partial charge on any atom is 0.0320 e. The fraction of sp³-hybridized carbons (Fsp3) is 0.214. The molecular weight excluding hydrogens is 356 g/mol. The standard InChI is InChI=1S/C14H14Br2N2/c1-10(12-4-6-17-7-5-12)18-9-11-2-3-13(15)14(16)8-11/h2-8,10,18H,9H2,1H3/t10-/m1/s1. The van der Waals surface area contributed by atoms with Gasteiger partial charge in [0.2, 0.25) is 0 Å². The number of benzene rings is 1. The molecule has 1 aromatic heterocycles. The third-order valence-corrected chi connectivity index (χ3v) is 4.68. The predicted octanol–water partition coefficient (Wildman–Crippen LogP) is 4.46. The maximum absolute atomic E-state index is 4.03. The largest absolute Gasteiger partial charge is 0.306 e. The summed E-state index contributed by atoms with van der Waals surface area (Å²) in [6, 6.07) is 10.7. The Bertz CT molecular complexity index is 514. The summed E-state index contributed by atoms with van der Waals surface area (Å²) in [7, 11) is 0. The topological polar surface area (TPSA) is 24.9 Å². The van der Waals surface area contributed by atoms with Crippen molar-refractivity contribution < 1.29 is 0 Å². The highest BCUT2D eigenvalue weighted by molar-refractivity contribution is 9.13. The van der Waals surface area contributed by atoms with E-state index in [4.69, 9.17) is 0 Å². The Hall–Kier alpha value is -0.710. The van der Waals surface area contributed by atoms with Crippen LogP contribution in [-0.2, 0) is 6.54 Å². The van der Waals surface area contributed by atoms with Gasteiger partial charge in [0.15, 0.2) is 0 Å². The number of rotatable bonds is 4. The van der Waals surface area contributed by atoms with Crippen molar-refractivity contribution in [1.82, 2.24) is 10.3 Å². The minimum Gasteiger partial charge on any atom is -0.306 e. The molecule has 94 valence electrons. The van der Waals surface area contributed by atoms with Crippen molar-refractivity contribution in [2.75, 3.05) is 0 Å². The Morgan fingerprint density at radius 3 is 2.50 bits per heavy atom. The van der Waals surface area contributed by atoms with Gasteiger partial charge in [-0.25, -0.2) is 0 Å². The van der Waals surface area contributed by atoms with Crippen LogP contribution in [0.25, 0.3) is 0 Å². The first-order chi connectivity index (χ1) is 8.66. The monoisotopic (exact) mass is 368 g/mol. The van der Waals surface area contributed by atoms with Gasteiger partial charge in [-0.1, -0.05) is 6.07 Å². The summed E-state index contributed by atoms with van der Waals surface area (Å²) in [5.74, 6) is 0. The van der Waals surface area contributed by atoms with Crippen molar-refractivity contribution in [1.29, 1.82) is 0 Å². The molecular formula is C14H14Br2N2. The van der Waals surface area contributed by atoms with Crippen LogP contribution >= 0.6 is 31.9 Å². The number of nitrogens with zero attached hydrogens (tertiary/aromatic N) is 1. The molecule has 0 unspecified atom stereocenters. The van der Waals surface area contributed by atoms with E-state index in [1.807, 2.05) is 24.5 Å². The lowest BCUT2D eigenvalue weighted by Gasteiger charge is -2.14. The van der Waals surface area contributed by atoms with E-state index < -0.39 is 0 Å². The molecule has 0 saturated heterocycles. The van der Waals surface area contributed by atoms with Gasteiger partial charge in [-0.05, 0) is 74.2 Å². The molecule has 0 fully saturated rings. The van der Waals surface area contributed by atoms with Crippen LogP contribution in [0.4, 0.5) is 0 Å². The summed E-state index contributed by atoms with van der Waals surface area (Å²) in [4.78, 5) is 4.03. The lowest BCUT2D eigenvalue weighted by Crippen LogP contribution is -2.18. The first-order valence-corrected chi connectivity index (χ1v) is 7.32. The van der Waals surface area contributed by atoms with Crippen LogP contribution in [0.3, 0.4) is 0 Å². The van der Waals surface area contributed by atoms with Gasteiger partial charge >= 0.3 is 0 Å². The van der Waals surface area contributed by atoms with Crippen molar-refractivity contribution in [2.45, 2.75) is 19.5 Å². The van der Waals surface area contributed by atoms with E-state index in [0.717, 1.165) is 15.5 Å². The lowest BCUT2D eigenvalue weighted by molar-refractivity contribution is 0.574. The van der Waals surface area contributed by atoms with Crippen molar-refractivity contribution >= 4 is 31.9 Å². The first kappa shape index (κ1) is 13.7. The summed E-state index contributed by atoms with van der Waals surface area (Å²) >= 11 is 6.99. The average Bonchev–Trinajstić information content (AvgIpc) is 2.41. The van der Waals surface area contributed by atoms with Crippen molar-refractivity contribution in [2.24, 2.45) is 0 Å². The molecule has 1 heterocycles. The quantitative estimate of drug-likeness (QED) is 0.860. The van der Waals surface area contributed by atoms with Gasteiger partial charge in [0.25, 0.3) is 0 Å². The van der Waals surface area contributed by atoms with Crippen LogP contribution in [0.15, 0.2) is 51.7 Å². The van der Waals surface area contributed by atoms with Crippen LogP contribution in [0.5, 0.6) is 0 Å². The molecule has 0 aliphatic rings. The third-order valence-electron chi connectivity index (χ3n) is 2.80. The van der Waals surface area contributed by atoms with Crippen molar-refractivity contribution in [3.05, 3.63) is 62.8 Å². The number of aromatic nitrogens is 1. The second-order valence-corrected chi connectivity index (χ2v) is 5.84. The SMILES string of the molecule is C[C@@H](NCc1ccc(Br)c(Br)c1)c1ccncc1. The maximum atomic E-state index is 4.03. The summed E-state index contributed by atoms with van der Waals surface area (Å²) in [5, 5.41) is 3.50. The highest BCUT2D eigenvalue weighted by Crippen LogP contribution is 2.24. The Morgan fingerprint density at radius 2 is 1.83 bits per heavy atom. The van der Waals surface area contributed by atoms with Crippen LogP contribution in [0.1, 0.15) is 24.1 Å². The number of hydrogen-bond donors (Lipinski definition) is 1. The highest BCUT2D eigenvalue weighted by Gasteiger charge is 2.05. The van der Waals surface area contributed by atoms with Gasteiger partial charge in [-0.15, -0.1) is 0 Å². The molecule has 0 aliphatic heterocycles. The van der Waals surface area contributed by atoms with Gasteiger partial charge in [-0.2, -0.15) is 0 Å². The molecule has 0 aliphatic carbocycles. The van der Waals surface area contributed by atoms with Crippen LogP contribution in [-0.4, -0.2) is 4.98 Å². The molecule has 2 nitrogen and oxygen atoms in total. The molecule has 1 aromatic carbocycles. The molecule has 0 spiro atoms. The number of nitrogens with one attached hydrogen (secondary N) is 1. The molecule has 2 rings (SSSR count). The molecule has 4 heteroatoms. The number of pyridine rings is 1. The summed E-state index contributed by atoms with van der Waals surface area (Å²) in [6.07, 6.45) is 3.65. The second-order valence-electron chi connectivity index (χ2n) is 4.13. The summed E-state index contributed by atoms with van der Waals surface area (Å²) in [5.41, 5.74) is 2.51. The minimum atomic E-state index is 0.315. The van der Waals surface area contributed by atoms with E-state index >= 15 is 0 Å². The zero-order valence-electron chi connectivity index (χ0n) is 10.0. The molecule has 2 aromatic rings. The summed E-state index contributed by atoms with van der Waals surface area (Å²) in [6.45, 7) is 3.00. The smallest absolute Gasteiger partial charge is 0.0320 e. The van der Waals surface area contributed by atoms with E-state index in [1.165, 1.54) is 11.1 Å². The van der Waals surface area contributed by atoms with Gasteiger partial charge in [0.1, 0.15) is 0 Å². The Balaban J connectivity index is 1.97.